The Morgan fingerprint density at radius 1 is 1.19 bits per heavy atom. The lowest BCUT2D eigenvalue weighted by molar-refractivity contribution is 0.631. The van der Waals surface area contributed by atoms with Crippen molar-refractivity contribution in [3.05, 3.63) is 51.9 Å². The molecule has 21 heavy (non-hydrogen) atoms. The Morgan fingerprint density at radius 2 is 2.00 bits per heavy atom. The highest BCUT2D eigenvalue weighted by molar-refractivity contribution is 9.10. The van der Waals surface area contributed by atoms with Crippen LogP contribution in [0.5, 0.6) is 0 Å². The molecule has 0 aliphatic rings. The lowest BCUT2D eigenvalue weighted by atomic mass is 10.1. The molecule has 4 heteroatoms. The van der Waals surface area contributed by atoms with Crippen LogP contribution in [0.3, 0.4) is 0 Å². The molecule has 1 aromatic heterocycles. The lowest BCUT2D eigenvalue weighted by Gasteiger charge is -2.10. The van der Waals surface area contributed by atoms with Crippen LogP contribution in [-0.4, -0.2) is 16.5 Å². The lowest BCUT2D eigenvalue weighted by Crippen LogP contribution is -2.08. The quantitative estimate of drug-likeness (QED) is 0.838. The van der Waals surface area contributed by atoms with Gasteiger partial charge in [0.1, 0.15) is 11.6 Å². The second-order valence-electron chi connectivity index (χ2n) is 5.60. The molecular formula is C17H22BrN3. The summed E-state index contributed by atoms with van der Waals surface area (Å²) in [6, 6.07) is 10.4. The van der Waals surface area contributed by atoms with Crippen LogP contribution < -0.4 is 5.32 Å². The topological polar surface area (TPSA) is 37.8 Å². The van der Waals surface area contributed by atoms with E-state index in [-0.39, 0.29) is 0 Å². The maximum absolute atomic E-state index is 4.71. The number of rotatable bonds is 6. The average Bonchev–Trinajstić information content (AvgIpc) is 2.37. The van der Waals surface area contributed by atoms with Crippen LogP contribution in [-0.2, 0) is 12.8 Å². The molecular weight excluding hydrogens is 326 g/mol. The van der Waals surface area contributed by atoms with Gasteiger partial charge in [-0.25, -0.2) is 9.97 Å². The molecule has 0 atom stereocenters. The van der Waals surface area contributed by atoms with Gasteiger partial charge in [-0.15, -0.1) is 0 Å². The van der Waals surface area contributed by atoms with Crippen LogP contribution in [0.4, 0.5) is 5.82 Å². The third-order valence-corrected chi connectivity index (χ3v) is 3.55. The Balaban J connectivity index is 2.26. The molecule has 1 aromatic carbocycles. The van der Waals surface area contributed by atoms with Crippen molar-refractivity contribution < 1.29 is 0 Å². The number of anilines is 1. The fourth-order valence-electron chi connectivity index (χ4n) is 2.26. The zero-order valence-electron chi connectivity index (χ0n) is 12.9. The summed E-state index contributed by atoms with van der Waals surface area (Å²) < 4.78 is 1.09. The maximum Gasteiger partial charge on any atom is 0.135 e. The smallest absolute Gasteiger partial charge is 0.135 e. The predicted octanol–water partition coefficient (Wildman–Crippen LogP) is 4.46. The van der Waals surface area contributed by atoms with Crippen molar-refractivity contribution in [3.63, 3.8) is 0 Å². The van der Waals surface area contributed by atoms with Crippen molar-refractivity contribution in [1.82, 2.24) is 9.97 Å². The number of hydrogen-bond acceptors (Lipinski definition) is 3. The van der Waals surface area contributed by atoms with Crippen LogP contribution in [0.15, 0.2) is 34.8 Å². The first-order chi connectivity index (χ1) is 10.1. The Morgan fingerprint density at radius 3 is 2.67 bits per heavy atom. The molecule has 0 saturated carbocycles. The summed E-state index contributed by atoms with van der Waals surface area (Å²) in [7, 11) is 0. The van der Waals surface area contributed by atoms with Crippen molar-refractivity contribution in [2.45, 2.75) is 33.6 Å². The first kappa shape index (κ1) is 16.0. The minimum atomic E-state index is 0.591. The highest BCUT2D eigenvalue weighted by Crippen LogP contribution is 2.16. The number of benzene rings is 1. The molecule has 1 heterocycles. The number of halogens is 1. The van der Waals surface area contributed by atoms with Crippen molar-refractivity contribution in [2.75, 3.05) is 11.9 Å². The van der Waals surface area contributed by atoms with E-state index < -0.39 is 0 Å². The van der Waals surface area contributed by atoms with Gasteiger partial charge in [0.05, 0.1) is 0 Å². The van der Waals surface area contributed by atoms with Gasteiger partial charge in [-0.1, -0.05) is 41.9 Å². The van der Waals surface area contributed by atoms with Crippen molar-refractivity contribution in [2.24, 2.45) is 5.92 Å². The summed E-state index contributed by atoms with van der Waals surface area (Å²) in [6.45, 7) is 7.37. The standard InChI is InChI=1S/C17H22BrN3/c1-4-19-16-11-15(8-12(2)3)20-17(21-16)10-13-6-5-7-14(18)9-13/h5-7,9,11-12H,4,8,10H2,1-3H3,(H,19,20,21). The monoisotopic (exact) mass is 347 g/mol. The van der Waals surface area contributed by atoms with E-state index in [0.29, 0.717) is 5.92 Å². The van der Waals surface area contributed by atoms with Crippen LogP contribution in [0.25, 0.3) is 0 Å². The molecule has 0 radical (unpaired) electrons. The molecule has 0 saturated heterocycles. The number of nitrogens with one attached hydrogen (secondary N) is 1. The molecule has 0 spiro atoms. The summed E-state index contributed by atoms with van der Waals surface area (Å²) in [6.07, 6.45) is 1.73. The molecule has 0 unspecified atom stereocenters. The molecule has 0 fully saturated rings. The number of aromatic nitrogens is 2. The van der Waals surface area contributed by atoms with Gasteiger partial charge in [-0.2, -0.15) is 0 Å². The maximum atomic E-state index is 4.71. The first-order valence-corrected chi connectivity index (χ1v) is 8.21. The summed E-state index contributed by atoms with van der Waals surface area (Å²) in [5.74, 6) is 2.39. The van der Waals surface area contributed by atoms with E-state index in [1.807, 2.05) is 12.1 Å². The molecule has 3 nitrogen and oxygen atoms in total. The van der Waals surface area contributed by atoms with Gasteiger partial charge in [0.2, 0.25) is 0 Å². The third-order valence-electron chi connectivity index (χ3n) is 3.05. The molecule has 0 amide bonds. The van der Waals surface area contributed by atoms with Gasteiger partial charge in [0.25, 0.3) is 0 Å². The summed E-state index contributed by atoms with van der Waals surface area (Å²) >= 11 is 3.51. The van der Waals surface area contributed by atoms with Crippen molar-refractivity contribution in [1.29, 1.82) is 0 Å². The molecule has 0 bridgehead atoms. The van der Waals surface area contributed by atoms with E-state index in [2.05, 4.69) is 65.2 Å². The van der Waals surface area contributed by atoms with Crippen LogP contribution in [0, 0.1) is 5.92 Å². The summed E-state index contributed by atoms with van der Waals surface area (Å²) in [5.41, 5.74) is 2.33. The molecule has 2 aromatic rings. The Labute approximate surface area is 135 Å². The first-order valence-electron chi connectivity index (χ1n) is 7.42. The molecule has 0 aliphatic heterocycles. The van der Waals surface area contributed by atoms with E-state index in [1.54, 1.807) is 0 Å². The summed E-state index contributed by atoms with van der Waals surface area (Å²) in [5, 5.41) is 3.30. The second kappa shape index (κ2) is 7.55. The van der Waals surface area contributed by atoms with Crippen molar-refractivity contribution >= 4 is 21.7 Å². The third kappa shape index (κ3) is 5.12. The molecule has 112 valence electrons. The van der Waals surface area contributed by atoms with Gasteiger partial charge in [-0.3, -0.25) is 0 Å². The summed E-state index contributed by atoms with van der Waals surface area (Å²) in [4.78, 5) is 9.33. The zero-order valence-corrected chi connectivity index (χ0v) is 14.4. The van der Waals surface area contributed by atoms with Crippen LogP contribution in [0.2, 0.25) is 0 Å². The fourth-order valence-corrected chi connectivity index (χ4v) is 2.70. The average molecular weight is 348 g/mol. The largest absolute Gasteiger partial charge is 0.370 e. The van der Waals surface area contributed by atoms with Gasteiger partial charge in [-0.05, 0) is 37.0 Å². The molecule has 1 N–H and O–H groups in total. The SMILES string of the molecule is CCNc1cc(CC(C)C)nc(Cc2cccc(Br)c2)n1. The number of nitrogens with zero attached hydrogens (tertiary/aromatic N) is 2. The molecule has 0 aliphatic carbocycles. The predicted molar refractivity (Wildman–Crippen MR) is 91.7 cm³/mol. The van der Waals surface area contributed by atoms with E-state index in [4.69, 9.17) is 4.98 Å². The number of hydrogen-bond donors (Lipinski definition) is 1. The normalized spacial score (nSPS) is 10.9. The van der Waals surface area contributed by atoms with E-state index in [1.165, 1.54) is 5.56 Å². The van der Waals surface area contributed by atoms with Gasteiger partial charge in [0, 0.05) is 29.2 Å². The van der Waals surface area contributed by atoms with Crippen LogP contribution >= 0.6 is 15.9 Å². The Kier molecular flexibility index (Phi) is 5.74. The minimum absolute atomic E-state index is 0.591. The Bertz CT molecular complexity index is 596. The highest BCUT2D eigenvalue weighted by atomic mass is 79.9. The van der Waals surface area contributed by atoms with Gasteiger partial charge >= 0.3 is 0 Å². The van der Waals surface area contributed by atoms with Crippen LogP contribution in [0.1, 0.15) is 37.9 Å². The Hall–Kier alpha value is -1.42. The second-order valence-corrected chi connectivity index (χ2v) is 6.51. The van der Waals surface area contributed by atoms with Gasteiger partial charge in [0.15, 0.2) is 0 Å². The fraction of sp³-hybridized carbons (Fsp3) is 0.412. The van der Waals surface area contributed by atoms with E-state index >= 15 is 0 Å². The molecule has 2 rings (SSSR count). The highest BCUT2D eigenvalue weighted by Gasteiger charge is 2.07. The van der Waals surface area contributed by atoms with E-state index in [0.717, 1.165) is 41.2 Å². The van der Waals surface area contributed by atoms with Crippen molar-refractivity contribution in [3.8, 4) is 0 Å². The van der Waals surface area contributed by atoms with E-state index in [9.17, 15) is 0 Å². The minimum Gasteiger partial charge on any atom is -0.370 e. The zero-order chi connectivity index (χ0) is 15.2. The van der Waals surface area contributed by atoms with Gasteiger partial charge < -0.3 is 5.32 Å².